The van der Waals surface area contributed by atoms with Gasteiger partial charge in [-0.15, -0.1) is 10.2 Å². The third-order valence-corrected chi connectivity index (χ3v) is 5.74. The lowest BCUT2D eigenvalue weighted by Crippen LogP contribution is -2.21. The first kappa shape index (κ1) is 15.3. The van der Waals surface area contributed by atoms with Crippen molar-refractivity contribution < 1.29 is 9.53 Å². The fourth-order valence-corrected chi connectivity index (χ4v) is 4.50. The predicted octanol–water partition coefficient (Wildman–Crippen LogP) is 3.89. The molecule has 1 aliphatic rings. The van der Waals surface area contributed by atoms with Crippen LogP contribution in [0.25, 0.3) is 0 Å². The van der Waals surface area contributed by atoms with Crippen molar-refractivity contribution in [3.05, 3.63) is 24.3 Å². The van der Waals surface area contributed by atoms with E-state index in [0.717, 1.165) is 35.0 Å². The molecule has 1 aromatic carbocycles. The number of nitrogens with zero attached hydrogens (tertiary/aromatic N) is 2. The average molecular weight is 335 g/mol. The van der Waals surface area contributed by atoms with Crippen LogP contribution in [0.3, 0.4) is 0 Å². The quantitative estimate of drug-likeness (QED) is 0.894. The average Bonchev–Trinajstić information content (AvgIpc) is 2.97. The molecule has 1 aromatic heterocycles. The first-order valence-corrected chi connectivity index (χ1v) is 8.89. The van der Waals surface area contributed by atoms with Gasteiger partial charge in [0, 0.05) is 6.42 Å². The van der Waals surface area contributed by atoms with Crippen molar-refractivity contribution in [3.8, 4) is 5.75 Å². The van der Waals surface area contributed by atoms with Crippen molar-refractivity contribution >= 4 is 39.7 Å². The molecule has 5 nitrogen and oxygen atoms in total. The van der Waals surface area contributed by atoms with Gasteiger partial charge >= 0.3 is 0 Å². The molecule has 3 rings (SSSR count). The van der Waals surface area contributed by atoms with Gasteiger partial charge in [0.15, 0.2) is 4.34 Å². The highest BCUT2D eigenvalue weighted by Gasteiger charge is 2.24. The first-order valence-electron chi connectivity index (χ1n) is 7.19. The van der Waals surface area contributed by atoms with Crippen LogP contribution in [0, 0.1) is 0 Å². The van der Waals surface area contributed by atoms with Gasteiger partial charge in [-0.2, -0.15) is 0 Å². The summed E-state index contributed by atoms with van der Waals surface area (Å²) in [4.78, 5) is 11.9. The molecule has 1 N–H and O–H groups in total. The van der Waals surface area contributed by atoms with Crippen LogP contribution in [0.2, 0.25) is 0 Å². The van der Waals surface area contributed by atoms with Gasteiger partial charge in [-0.3, -0.25) is 4.79 Å². The van der Waals surface area contributed by atoms with Gasteiger partial charge in [0.2, 0.25) is 5.13 Å². The van der Waals surface area contributed by atoms with E-state index in [9.17, 15) is 4.79 Å². The molecule has 2 aromatic rings. The second-order valence-corrected chi connectivity index (χ2v) is 7.44. The van der Waals surface area contributed by atoms with Crippen LogP contribution in [-0.4, -0.2) is 28.3 Å². The van der Waals surface area contributed by atoms with Gasteiger partial charge in [0.25, 0.3) is 0 Å². The summed E-state index contributed by atoms with van der Waals surface area (Å²) in [6.07, 6.45) is 3.78. The van der Waals surface area contributed by atoms with Crippen molar-refractivity contribution in [2.75, 3.05) is 12.4 Å². The smallest absolute Gasteiger partial charge is 0.210 e. The predicted molar refractivity (Wildman–Crippen MR) is 89.3 cm³/mol. The molecule has 0 saturated heterocycles. The molecule has 1 saturated carbocycles. The lowest BCUT2D eigenvalue weighted by molar-refractivity contribution is -0.119. The third-order valence-electron chi connectivity index (χ3n) is 3.50. The largest absolute Gasteiger partial charge is 0.495 e. The Bertz CT molecular complexity index is 660. The molecule has 1 fully saturated rings. The number of anilines is 2. The maximum absolute atomic E-state index is 11.9. The molecular weight excluding hydrogens is 318 g/mol. The van der Waals surface area contributed by atoms with E-state index in [1.54, 1.807) is 7.11 Å². The van der Waals surface area contributed by atoms with Crippen molar-refractivity contribution in [1.82, 2.24) is 10.2 Å². The number of para-hydroxylation sites is 2. The number of rotatable bonds is 5. The molecule has 7 heteroatoms. The number of ketones is 1. The molecule has 0 aliphatic heterocycles. The molecule has 22 heavy (non-hydrogen) atoms. The Morgan fingerprint density at radius 1 is 1.32 bits per heavy atom. The van der Waals surface area contributed by atoms with Gasteiger partial charge < -0.3 is 10.1 Å². The summed E-state index contributed by atoms with van der Waals surface area (Å²) in [7, 11) is 1.64. The van der Waals surface area contributed by atoms with Crippen LogP contribution in [0.1, 0.15) is 25.7 Å². The highest BCUT2D eigenvalue weighted by molar-refractivity contribution is 8.02. The maximum atomic E-state index is 11.9. The molecule has 1 atom stereocenters. The normalized spacial score (nSPS) is 18.2. The zero-order valence-electron chi connectivity index (χ0n) is 12.2. The summed E-state index contributed by atoms with van der Waals surface area (Å²) in [6, 6.07) is 7.67. The van der Waals surface area contributed by atoms with Crippen LogP contribution in [0.15, 0.2) is 28.6 Å². The summed E-state index contributed by atoms with van der Waals surface area (Å²) in [6.45, 7) is 0. The number of benzene rings is 1. The number of Topliss-reactive ketones (excluding diaryl/α,β-unsaturated/α-hetero) is 1. The second kappa shape index (κ2) is 7.11. The third kappa shape index (κ3) is 3.59. The van der Waals surface area contributed by atoms with Gasteiger partial charge in [0.1, 0.15) is 11.5 Å². The minimum Gasteiger partial charge on any atom is -0.495 e. The van der Waals surface area contributed by atoms with Gasteiger partial charge in [-0.25, -0.2) is 0 Å². The van der Waals surface area contributed by atoms with E-state index in [1.165, 1.54) is 23.1 Å². The number of thioether (sulfide) groups is 1. The van der Waals surface area contributed by atoms with E-state index in [-0.39, 0.29) is 5.25 Å². The van der Waals surface area contributed by atoms with E-state index in [2.05, 4.69) is 15.5 Å². The molecule has 0 bridgehead atoms. The zero-order valence-corrected chi connectivity index (χ0v) is 13.9. The fourth-order valence-electron chi connectivity index (χ4n) is 2.37. The van der Waals surface area contributed by atoms with E-state index in [1.807, 2.05) is 24.3 Å². The lowest BCUT2D eigenvalue weighted by Gasteiger charge is -2.18. The number of hydrogen-bond acceptors (Lipinski definition) is 7. The Balaban J connectivity index is 1.67. The molecule has 0 radical (unpaired) electrons. The Morgan fingerprint density at radius 2 is 2.18 bits per heavy atom. The molecule has 0 amide bonds. The van der Waals surface area contributed by atoms with Crippen LogP contribution in [0.5, 0.6) is 5.75 Å². The number of hydrogen-bond donors (Lipinski definition) is 1. The summed E-state index contributed by atoms with van der Waals surface area (Å²) in [5.41, 5.74) is 0.853. The Morgan fingerprint density at radius 3 is 3.00 bits per heavy atom. The van der Waals surface area contributed by atoms with Crippen molar-refractivity contribution in [3.63, 3.8) is 0 Å². The fraction of sp³-hybridized carbons (Fsp3) is 0.400. The number of carbonyl (C=O) groups excluding carboxylic acids is 1. The van der Waals surface area contributed by atoms with Crippen LogP contribution < -0.4 is 10.1 Å². The van der Waals surface area contributed by atoms with Crippen molar-refractivity contribution in [2.45, 2.75) is 35.3 Å². The number of nitrogens with one attached hydrogen (secondary N) is 1. The standard InChI is InChI=1S/C15H17N3O2S2/c1-20-12-8-4-2-6-10(12)16-14-17-18-15(22-14)21-13-9-5-3-7-11(13)19/h2,4,6,8,13H,3,5,7,9H2,1H3,(H,16,17)/t13-/m0/s1. The molecular formula is C15H17N3O2S2. The van der Waals surface area contributed by atoms with Crippen molar-refractivity contribution in [1.29, 1.82) is 0 Å². The number of aromatic nitrogens is 2. The molecule has 1 heterocycles. The maximum Gasteiger partial charge on any atom is 0.210 e. The van der Waals surface area contributed by atoms with E-state index < -0.39 is 0 Å². The molecule has 0 unspecified atom stereocenters. The summed E-state index contributed by atoms with van der Waals surface area (Å²) >= 11 is 3.00. The highest BCUT2D eigenvalue weighted by Crippen LogP contribution is 2.36. The summed E-state index contributed by atoms with van der Waals surface area (Å²) in [5.74, 6) is 1.10. The summed E-state index contributed by atoms with van der Waals surface area (Å²) < 4.78 is 6.14. The van der Waals surface area contributed by atoms with E-state index >= 15 is 0 Å². The Hall–Kier alpha value is -1.60. The van der Waals surface area contributed by atoms with E-state index in [4.69, 9.17) is 4.74 Å². The lowest BCUT2D eigenvalue weighted by atomic mass is 9.99. The van der Waals surface area contributed by atoms with Crippen LogP contribution >= 0.6 is 23.1 Å². The zero-order chi connectivity index (χ0) is 15.4. The topological polar surface area (TPSA) is 64.1 Å². The second-order valence-electron chi connectivity index (χ2n) is 5.02. The number of ether oxygens (including phenoxy) is 1. The molecule has 1 aliphatic carbocycles. The first-order chi connectivity index (χ1) is 10.8. The van der Waals surface area contributed by atoms with Gasteiger partial charge in [0.05, 0.1) is 18.0 Å². The van der Waals surface area contributed by atoms with Crippen molar-refractivity contribution in [2.24, 2.45) is 0 Å². The van der Waals surface area contributed by atoms with Gasteiger partial charge in [-0.05, 0) is 25.0 Å². The molecule has 0 spiro atoms. The Labute approximate surface area is 137 Å². The minimum absolute atomic E-state index is 0.0424. The monoisotopic (exact) mass is 335 g/mol. The van der Waals surface area contributed by atoms with Crippen LogP contribution in [-0.2, 0) is 4.79 Å². The number of carbonyl (C=O) groups is 1. The molecule has 116 valence electrons. The van der Waals surface area contributed by atoms with E-state index in [0.29, 0.717) is 17.3 Å². The SMILES string of the molecule is COc1ccccc1Nc1nnc(S[C@H]2CCCCC2=O)s1. The van der Waals surface area contributed by atoms with Crippen LogP contribution in [0.4, 0.5) is 10.8 Å². The number of methoxy groups -OCH3 is 1. The Kier molecular flexibility index (Phi) is 4.94. The minimum atomic E-state index is 0.0424. The highest BCUT2D eigenvalue weighted by atomic mass is 32.2. The van der Waals surface area contributed by atoms with Gasteiger partial charge in [-0.1, -0.05) is 41.7 Å². The summed E-state index contributed by atoms with van der Waals surface area (Å²) in [5, 5.41) is 12.3.